The van der Waals surface area contributed by atoms with E-state index in [0.717, 1.165) is 0 Å². The van der Waals surface area contributed by atoms with Crippen LogP contribution in [0, 0.1) is 22.7 Å². The first-order valence-corrected chi connectivity index (χ1v) is 8.50. The van der Waals surface area contributed by atoms with Gasteiger partial charge in [0.2, 0.25) is 5.91 Å². The Morgan fingerprint density at radius 1 is 1.19 bits per heavy atom. The second-order valence-electron chi connectivity index (χ2n) is 8.90. The molecule has 0 radical (unpaired) electrons. The van der Waals surface area contributed by atoms with Gasteiger partial charge < -0.3 is 20.8 Å². The molecule has 10 heteroatoms. The average molecular weight is 396 g/mol. The van der Waals surface area contributed by atoms with Crippen molar-refractivity contribution in [1.82, 2.24) is 4.90 Å². The van der Waals surface area contributed by atoms with Crippen LogP contribution in [0.3, 0.4) is 0 Å². The SMILES string of the molecule is CC(C)(C)C[C@H](N)C(=O)N1C[C@H]2[C@@H]([C@H]1C(=O)O)C2(C)C.O=C(O)C(F)(F)F. The number of likely N-dealkylation sites (tertiary alicyclic amines) is 1. The van der Waals surface area contributed by atoms with Crippen LogP contribution < -0.4 is 5.73 Å². The highest BCUT2D eigenvalue weighted by molar-refractivity contribution is 5.88. The van der Waals surface area contributed by atoms with Gasteiger partial charge in [0, 0.05) is 12.5 Å². The van der Waals surface area contributed by atoms with E-state index in [1.54, 1.807) is 0 Å². The van der Waals surface area contributed by atoms with E-state index in [0.29, 0.717) is 18.9 Å². The Morgan fingerprint density at radius 3 is 1.96 bits per heavy atom. The summed E-state index contributed by atoms with van der Waals surface area (Å²) >= 11 is 0. The van der Waals surface area contributed by atoms with Crippen molar-refractivity contribution in [1.29, 1.82) is 0 Å². The summed E-state index contributed by atoms with van der Waals surface area (Å²) in [4.78, 5) is 34.4. The van der Waals surface area contributed by atoms with Crippen molar-refractivity contribution in [3.05, 3.63) is 0 Å². The summed E-state index contributed by atoms with van der Waals surface area (Å²) in [6.45, 7) is 10.8. The second kappa shape index (κ2) is 7.29. The number of halogens is 3. The van der Waals surface area contributed by atoms with Gasteiger partial charge in [0.25, 0.3) is 0 Å². The van der Waals surface area contributed by atoms with E-state index in [-0.39, 0.29) is 22.7 Å². The average Bonchev–Trinajstić information content (AvgIpc) is 2.83. The zero-order valence-corrected chi connectivity index (χ0v) is 16.0. The predicted molar refractivity (Wildman–Crippen MR) is 89.6 cm³/mol. The zero-order chi connectivity index (χ0) is 21.5. The number of hydrogen-bond donors (Lipinski definition) is 3. The minimum atomic E-state index is -5.08. The number of fused-ring (bicyclic) bond motifs is 1. The van der Waals surface area contributed by atoms with E-state index in [9.17, 15) is 27.9 Å². The van der Waals surface area contributed by atoms with E-state index in [2.05, 4.69) is 13.8 Å². The van der Waals surface area contributed by atoms with Gasteiger partial charge in [-0.15, -0.1) is 0 Å². The van der Waals surface area contributed by atoms with Crippen LogP contribution in [0.4, 0.5) is 13.2 Å². The lowest BCUT2D eigenvalue weighted by molar-refractivity contribution is -0.192. The molecule has 0 aromatic heterocycles. The molecule has 7 nitrogen and oxygen atoms in total. The highest BCUT2D eigenvalue weighted by Crippen LogP contribution is 2.64. The molecule has 0 aromatic rings. The number of carboxylic acid groups (broad SMARTS) is 2. The third-order valence-corrected chi connectivity index (χ3v) is 5.14. The minimum absolute atomic E-state index is 0.0357. The Bertz CT molecular complexity index is 613. The van der Waals surface area contributed by atoms with E-state index in [1.165, 1.54) is 4.90 Å². The van der Waals surface area contributed by atoms with Crippen molar-refractivity contribution in [2.24, 2.45) is 28.4 Å². The molecule has 1 saturated heterocycles. The third kappa shape index (κ3) is 5.33. The number of hydrogen-bond acceptors (Lipinski definition) is 4. The lowest BCUT2D eigenvalue weighted by Gasteiger charge is -2.32. The molecular formula is C17H27F3N2O5. The molecule has 2 rings (SSSR count). The number of carbonyl (C=O) groups is 3. The van der Waals surface area contributed by atoms with Crippen LogP contribution in [-0.2, 0) is 14.4 Å². The van der Waals surface area contributed by atoms with Gasteiger partial charge in [0.15, 0.2) is 0 Å². The normalized spacial score (nSPS) is 27.1. The van der Waals surface area contributed by atoms with Gasteiger partial charge >= 0.3 is 18.1 Å². The van der Waals surface area contributed by atoms with Crippen LogP contribution in [0.5, 0.6) is 0 Å². The molecule has 1 saturated carbocycles. The first-order valence-electron chi connectivity index (χ1n) is 8.50. The van der Waals surface area contributed by atoms with Crippen molar-refractivity contribution in [2.45, 2.75) is 59.3 Å². The Balaban J connectivity index is 0.000000445. The number of nitrogens with zero attached hydrogens (tertiary/aromatic N) is 1. The number of nitrogens with two attached hydrogens (primary N) is 1. The molecule has 1 amide bonds. The van der Waals surface area contributed by atoms with Crippen LogP contribution in [0.25, 0.3) is 0 Å². The molecule has 0 bridgehead atoms. The van der Waals surface area contributed by atoms with Gasteiger partial charge in [-0.1, -0.05) is 34.6 Å². The number of alkyl halides is 3. The van der Waals surface area contributed by atoms with Gasteiger partial charge in [-0.25, -0.2) is 9.59 Å². The Kier molecular flexibility index (Phi) is 6.26. The standard InChI is InChI=1S/C15H26N2O3.C2HF3O2/c1-14(2,3)6-9(16)12(18)17-7-8-10(15(8,4)5)11(17)13(19)20;3-2(4,5)1(6)7/h8-11H,6-7,16H2,1-5H3,(H,19,20);(H,6,7)/t8-,9-,10-,11-;/m0./s1. The van der Waals surface area contributed by atoms with Crippen LogP contribution in [0.15, 0.2) is 0 Å². The quantitative estimate of drug-likeness (QED) is 0.671. The van der Waals surface area contributed by atoms with Crippen molar-refractivity contribution >= 4 is 17.8 Å². The maximum Gasteiger partial charge on any atom is 0.490 e. The summed E-state index contributed by atoms with van der Waals surface area (Å²) in [5, 5.41) is 16.6. The van der Waals surface area contributed by atoms with E-state index in [1.807, 2.05) is 20.8 Å². The number of carbonyl (C=O) groups excluding carboxylic acids is 1. The Morgan fingerprint density at radius 2 is 1.63 bits per heavy atom. The summed E-state index contributed by atoms with van der Waals surface area (Å²) in [6.07, 6.45) is -4.52. The molecule has 1 heterocycles. The molecule has 0 unspecified atom stereocenters. The predicted octanol–water partition coefficient (Wildman–Crippen LogP) is 1.95. The maximum atomic E-state index is 12.5. The molecule has 1 aliphatic heterocycles. The molecule has 1 aliphatic carbocycles. The van der Waals surface area contributed by atoms with E-state index in [4.69, 9.17) is 15.6 Å². The largest absolute Gasteiger partial charge is 0.490 e. The van der Waals surface area contributed by atoms with Crippen molar-refractivity contribution in [2.75, 3.05) is 6.54 Å². The second-order valence-corrected chi connectivity index (χ2v) is 8.90. The topological polar surface area (TPSA) is 121 Å². The molecule has 2 fully saturated rings. The molecule has 0 spiro atoms. The van der Waals surface area contributed by atoms with Crippen molar-refractivity contribution in [3.8, 4) is 0 Å². The fourth-order valence-electron chi connectivity index (χ4n) is 3.76. The van der Waals surface area contributed by atoms with Gasteiger partial charge in [0.05, 0.1) is 6.04 Å². The molecule has 0 aromatic carbocycles. The fourth-order valence-corrected chi connectivity index (χ4v) is 3.76. The van der Waals surface area contributed by atoms with Gasteiger partial charge in [-0.05, 0) is 23.2 Å². The van der Waals surface area contributed by atoms with Crippen LogP contribution >= 0.6 is 0 Å². The first kappa shape index (κ1) is 23.2. The van der Waals surface area contributed by atoms with Crippen LogP contribution in [-0.4, -0.2) is 57.8 Å². The summed E-state index contributed by atoms with van der Waals surface area (Å²) < 4.78 is 31.7. The third-order valence-electron chi connectivity index (χ3n) is 5.14. The summed E-state index contributed by atoms with van der Waals surface area (Å²) in [5.74, 6) is -3.50. The van der Waals surface area contributed by atoms with E-state index < -0.39 is 30.2 Å². The summed E-state index contributed by atoms with van der Waals surface area (Å²) in [6, 6.07) is -1.31. The highest BCUT2D eigenvalue weighted by atomic mass is 19.4. The minimum Gasteiger partial charge on any atom is -0.480 e. The molecule has 4 atom stereocenters. The smallest absolute Gasteiger partial charge is 0.480 e. The summed E-state index contributed by atoms with van der Waals surface area (Å²) in [7, 11) is 0. The molecular weight excluding hydrogens is 369 g/mol. The maximum absolute atomic E-state index is 12.5. The van der Waals surface area contributed by atoms with Gasteiger partial charge in [-0.3, -0.25) is 4.79 Å². The fraction of sp³-hybridized carbons (Fsp3) is 0.824. The Hall–Kier alpha value is -1.84. The number of rotatable bonds is 3. The van der Waals surface area contributed by atoms with Crippen LogP contribution in [0.1, 0.15) is 41.0 Å². The summed E-state index contributed by atoms with van der Waals surface area (Å²) in [5.41, 5.74) is 5.98. The van der Waals surface area contributed by atoms with Gasteiger partial charge in [0.1, 0.15) is 6.04 Å². The van der Waals surface area contributed by atoms with E-state index >= 15 is 0 Å². The molecule has 156 valence electrons. The van der Waals surface area contributed by atoms with Crippen LogP contribution in [0.2, 0.25) is 0 Å². The number of aliphatic carboxylic acids is 2. The molecule has 4 N–H and O–H groups in total. The van der Waals surface area contributed by atoms with Crippen molar-refractivity contribution in [3.63, 3.8) is 0 Å². The number of piperidine rings is 1. The van der Waals surface area contributed by atoms with Gasteiger partial charge in [-0.2, -0.15) is 13.2 Å². The number of carboxylic acids is 2. The molecule has 27 heavy (non-hydrogen) atoms. The Labute approximate surface area is 155 Å². The monoisotopic (exact) mass is 396 g/mol. The highest BCUT2D eigenvalue weighted by Gasteiger charge is 2.69. The zero-order valence-electron chi connectivity index (χ0n) is 16.0. The lowest BCUT2D eigenvalue weighted by atomic mass is 9.87. The first-order chi connectivity index (χ1) is 11.9. The molecule has 2 aliphatic rings. The lowest BCUT2D eigenvalue weighted by Crippen LogP contribution is -2.52. The number of amides is 1. The van der Waals surface area contributed by atoms with Crippen molar-refractivity contribution < 1.29 is 37.8 Å².